The summed E-state index contributed by atoms with van der Waals surface area (Å²) in [6, 6.07) is 0. The molecular formula is C64H104O6. The normalized spacial score (nSPS) is 13.0. The van der Waals surface area contributed by atoms with Crippen LogP contribution < -0.4 is 0 Å². The smallest absolute Gasteiger partial charge is 0.306 e. The summed E-state index contributed by atoms with van der Waals surface area (Å²) in [5, 5.41) is 0. The molecule has 1 unspecified atom stereocenters. The highest BCUT2D eigenvalue weighted by Crippen LogP contribution is 2.15. The van der Waals surface area contributed by atoms with Gasteiger partial charge >= 0.3 is 17.9 Å². The van der Waals surface area contributed by atoms with Crippen molar-refractivity contribution < 1.29 is 28.6 Å². The number of carbonyl (C=O) groups excluding carboxylic acids is 3. The molecule has 0 aliphatic heterocycles. The molecule has 0 aliphatic rings. The summed E-state index contributed by atoms with van der Waals surface area (Å²) in [5.41, 5.74) is 0. The summed E-state index contributed by atoms with van der Waals surface area (Å²) in [7, 11) is 0. The van der Waals surface area contributed by atoms with Crippen LogP contribution in [0.4, 0.5) is 0 Å². The van der Waals surface area contributed by atoms with Gasteiger partial charge < -0.3 is 14.2 Å². The molecule has 0 radical (unpaired) electrons. The van der Waals surface area contributed by atoms with Crippen molar-refractivity contribution in [1.82, 2.24) is 0 Å². The first kappa shape index (κ1) is 65.8. The van der Waals surface area contributed by atoms with E-state index in [4.69, 9.17) is 14.2 Å². The third-order valence-corrected chi connectivity index (χ3v) is 11.7. The Morgan fingerprint density at radius 3 is 0.929 bits per heavy atom. The number of allylic oxidation sites excluding steroid dienone is 20. The van der Waals surface area contributed by atoms with E-state index in [1.807, 2.05) is 12.2 Å². The van der Waals surface area contributed by atoms with Crippen molar-refractivity contribution in [3.63, 3.8) is 0 Å². The topological polar surface area (TPSA) is 78.9 Å². The number of ether oxygens (including phenoxy) is 3. The Morgan fingerprint density at radius 1 is 0.300 bits per heavy atom. The van der Waals surface area contributed by atoms with E-state index in [9.17, 15) is 14.4 Å². The molecule has 0 heterocycles. The molecule has 0 aromatic carbocycles. The van der Waals surface area contributed by atoms with Gasteiger partial charge in [-0.15, -0.1) is 0 Å². The molecule has 0 N–H and O–H groups in total. The lowest BCUT2D eigenvalue weighted by atomic mass is 10.0. The molecular weight excluding hydrogens is 865 g/mol. The summed E-state index contributed by atoms with van der Waals surface area (Å²) in [6.45, 7) is 6.30. The highest BCUT2D eigenvalue weighted by atomic mass is 16.6. The Kier molecular flexibility index (Phi) is 54.0. The second-order valence-corrected chi connectivity index (χ2v) is 18.4. The average Bonchev–Trinajstić information content (AvgIpc) is 3.36. The van der Waals surface area contributed by atoms with Crippen LogP contribution in [-0.2, 0) is 28.6 Å². The lowest BCUT2D eigenvalue weighted by Gasteiger charge is -2.18. The first-order chi connectivity index (χ1) is 34.5. The molecule has 0 aromatic heterocycles. The minimum atomic E-state index is -0.815. The Bertz CT molecular complexity index is 1490. The maximum absolute atomic E-state index is 12.7. The van der Waals surface area contributed by atoms with Crippen molar-refractivity contribution in [1.29, 1.82) is 0 Å². The number of unbranched alkanes of at least 4 members (excludes halogenated alkanes) is 19. The standard InChI is InChI=1S/C64H104O6/c1-4-7-10-13-16-19-21-23-24-25-26-27-28-29-30-31-32-33-34-35-36-37-38-39-40-42-43-45-48-51-54-57-63(66)69-60-61(59-68-62(65)56-53-50-47-18-15-12-9-6-3)70-64(67)58-55-52-49-46-44-41-22-20-17-14-11-8-5-2/h7-8,10-11,16-17,19-20,23-24,26-27,29-30,32-33,41,44,49,52,61H,4-6,9,12-15,18,21-22,25,28,31,34-40,42-43,45-48,50-51,53-60H2,1-3H3/b10-7-,11-8-,19-16-,20-17-,24-23-,27-26-,30-29-,33-32-,44-41-,52-49-. The van der Waals surface area contributed by atoms with Gasteiger partial charge in [-0.2, -0.15) is 0 Å². The lowest BCUT2D eigenvalue weighted by molar-refractivity contribution is -0.166. The molecule has 6 heteroatoms. The van der Waals surface area contributed by atoms with E-state index in [1.54, 1.807) is 0 Å². The largest absolute Gasteiger partial charge is 0.462 e. The maximum atomic E-state index is 12.7. The number of rotatable bonds is 50. The number of hydrogen-bond donors (Lipinski definition) is 0. The predicted octanol–water partition coefficient (Wildman–Crippen LogP) is 19.3. The molecule has 0 spiro atoms. The highest BCUT2D eigenvalue weighted by Gasteiger charge is 2.19. The van der Waals surface area contributed by atoms with Crippen molar-refractivity contribution in [3.8, 4) is 0 Å². The summed E-state index contributed by atoms with van der Waals surface area (Å²) in [5.74, 6) is -1.000. The van der Waals surface area contributed by atoms with Gasteiger partial charge in [-0.1, -0.05) is 251 Å². The monoisotopic (exact) mass is 969 g/mol. The van der Waals surface area contributed by atoms with Gasteiger partial charge in [0.15, 0.2) is 6.10 Å². The molecule has 0 fully saturated rings. The Hall–Kier alpha value is -4.19. The van der Waals surface area contributed by atoms with E-state index in [0.29, 0.717) is 19.3 Å². The van der Waals surface area contributed by atoms with Gasteiger partial charge in [0.05, 0.1) is 0 Å². The predicted molar refractivity (Wildman–Crippen MR) is 302 cm³/mol. The van der Waals surface area contributed by atoms with Crippen LogP contribution in [0.3, 0.4) is 0 Å². The molecule has 0 amide bonds. The fraction of sp³-hybridized carbons (Fsp3) is 0.641. The van der Waals surface area contributed by atoms with E-state index >= 15 is 0 Å². The van der Waals surface area contributed by atoms with Crippen LogP contribution >= 0.6 is 0 Å². The van der Waals surface area contributed by atoms with E-state index in [0.717, 1.165) is 103 Å². The number of esters is 3. The summed E-state index contributed by atoms with van der Waals surface area (Å²) in [4.78, 5) is 37.9. The van der Waals surface area contributed by atoms with Gasteiger partial charge in [-0.05, 0) is 96.3 Å². The molecule has 0 saturated carbocycles. The van der Waals surface area contributed by atoms with Crippen molar-refractivity contribution in [3.05, 3.63) is 122 Å². The molecule has 0 saturated heterocycles. The number of hydrogen-bond acceptors (Lipinski definition) is 6. The SMILES string of the molecule is CC/C=C\C/C=C\C/C=C\C/C=C\C/C=C\C/C=C\CCCCCCCCCCCCCCC(=O)OCC(COC(=O)CCCCCCCCCC)OC(=O)CC/C=C\C/C=C\C/C=C\C/C=C\CC. The first-order valence-corrected chi connectivity index (χ1v) is 28.5. The molecule has 70 heavy (non-hydrogen) atoms. The number of carbonyl (C=O) groups is 3. The summed E-state index contributed by atoms with van der Waals surface area (Å²) >= 11 is 0. The fourth-order valence-corrected chi connectivity index (χ4v) is 7.52. The summed E-state index contributed by atoms with van der Waals surface area (Å²) in [6.07, 6.45) is 79.5. The lowest BCUT2D eigenvalue weighted by Crippen LogP contribution is -2.30. The van der Waals surface area contributed by atoms with E-state index < -0.39 is 12.1 Å². The van der Waals surface area contributed by atoms with E-state index in [-0.39, 0.29) is 31.6 Å². The quantitative estimate of drug-likeness (QED) is 0.0262. The first-order valence-electron chi connectivity index (χ1n) is 28.5. The van der Waals surface area contributed by atoms with Crippen LogP contribution in [0, 0.1) is 0 Å². The van der Waals surface area contributed by atoms with Crippen molar-refractivity contribution in [2.24, 2.45) is 0 Å². The molecule has 396 valence electrons. The van der Waals surface area contributed by atoms with Crippen LogP contribution in [0.25, 0.3) is 0 Å². The molecule has 0 rings (SSSR count). The van der Waals surface area contributed by atoms with E-state index in [2.05, 4.69) is 130 Å². The second-order valence-electron chi connectivity index (χ2n) is 18.4. The molecule has 0 bridgehead atoms. The highest BCUT2D eigenvalue weighted by molar-refractivity contribution is 5.71. The van der Waals surface area contributed by atoms with Gasteiger partial charge in [0.2, 0.25) is 0 Å². The van der Waals surface area contributed by atoms with E-state index in [1.165, 1.54) is 96.3 Å². The van der Waals surface area contributed by atoms with Gasteiger partial charge in [0.1, 0.15) is 13.2 Å². The Morgan fingerprint density at radius 2 is 0.586 bits per heavy atom. The molecule has 0 aromatic rings. The van der Waals surface area contributed by atoms with Gasteiger partial charge in [0.25, 0.3) is 0 Å². The van der Waals surface area contributed by atoms with Gasteiger partial charge in [-0.25, -0.2) is 0 Å². The van der Waals surface area contributed by atoms with Crippen LogP contribution in [0.2, 0.25) is 0 Å². The fourth-order valence-electron chi connectivity index (χ4n) is 7.52. The van der Waals surface area contributed by atoms with Crippen LogP contribution in [0.5, 0.6) is 0 Å². The Labute approximate surface area is 431 Å². The Balaban J connectivity index is 4.16. The van der Waals surface area contributed by atoms with Crippen molar-refractivity contribution >= 4 is 17.9 Å². The van der Waals surface area contributed by atoms with Gasteiger partial charge in [0, 0.05) is 19.3 Å². The van der Waals surface area contributed by atoms with Crippen molar-refractivity contribution in [2.75, 3.05) is 13.2 Å². The van der Waals surface area contributed by atoms with Crippen LogP contribution in [0.15, 0.2) is 122 Å². The zero-order valence-corrected chi connectivity index (χ0v) is 45.2. The zero-order chi connectivity index (χ0) is 50.7. The minimum absolute atomic E-state index is 0.107. The average molecular weight is 970 g/mol. The zero-order valence-electron chi connectivity index (χ0n) is 45.2. The van der Waals surface area contributed by atoms with Gasteiger partial charge in [-0.3, -0.25) is 14.4 Å². The summed E-state index contributed by atoms with van der Waals surface area (Å²) < 4.78 is 16.7. The minimum Gasteiger partial charge on any atom is -0.462 e. The molecule has 0 aliphatic carbocycles. The second kappa shape index (κ2) is 57.4. The maximum Gasteiger partial charge on any atom is 0.306 e. The van der Waals surface area contributed by atoms with Crippen LogP contribution in [0.1, 0.15) is 245 Å². The molecule has 1 atom stereocenters. The molecule has 6 nitrogen and oxygen atoms in total. The van der Waals surface area contributed by atoms with Crippen molar-refractivity contribution in [2.45, 2.75) is 252 Å². The third-order valence-electron chi connectivity index (χ3n) is 11.7. The third kappa shape index (κ3) is 54.7. The van der Waals surface area contributed by atoms with Crippen LogP contribution in [-0.4, -0.2) is 37.2 Å².